The van der Waals surface area contributed by atoms with Gasteiger partial charge in [0.2, 0.25) is 5.89 Å². The molecule has 3 N–H and O–H groups in total. The predicted molar refractivity (Wildman–Crippen MR) is 117 cm³/mol. The number of H-pyrrole nitrogens is 1. The number of benzene rings is 1. The molecule has 4 rings (SSSR count). The van der Waals surface area contributed by atoms with E-state index in [0.717, 1.165) is 24.8 Å². The lowest BCUT2D eigenvalue weighted by Gasteiger charge is -2.24. The average molecular weight is 479 g/mol. The number of aliphatic hydroxyl groups excluding tert-OH is 1. The summed E-state index contributed by atoms with van der Waals surface area (Å²) in [5.41, 5.74) is 3.43. The first-order valence-electron chi connectivity index (χ1n) is 10.2. The zero-order chi connectivity index (χ0) is 23.0. The molecule has 0 amide bonds. The summed E-state index contributed by atoms with van der Waals surface area (Å²) in [7, 11) is -4.19. The summed E-state index contributed by atoms with van der Waals surface area (Å²) in [5, 5.41) is 15.8. The van der Waals surface area contributed by atoms with Gasteiger partial charge in [-0.2, -0.15) is 4.72 Å². The molecule has 0 saturated heterocycles. The normalized spacial score (nSPS) is 16.5. The van der Waals surface area contributed by atoms with Crippen molar-refractivity contribution >= 4 is 21.6 Å². The summed E-state index contributed by atoms with van der Waals surface area (Å²) in [5.74, 6) is -1.25. The Hall–Kier alpha value is -2.53. The Bertz CT molecular complexity index is 1300. The zero-order valence-corrected chi connectivity index (χ0v) is 19.1. The minimum absolute atomic E-state index is 0.0475. The first-order valence-corrected chi connectivity index (χ1v) is 12.1. The summed E-state index contributed by atoms with van der Waals surface area (Å²) in [4.78, 5) is 15.6. The van der Waals surface area contributed by atoms with Crippen molar-refractivity contribution in [3.63, 3.8) is 0 Å². The van der Waals surface area contributed by atoms with Crippen molar-refractivity contribution in [2.45, 2.75) is 56.2 Å². The van der Waals surface area contributed by atoms with Crippen molar-refractivity contribution in [3.05, 3.63) is 74.2 Å². The van der Waals surface area contributed by atoms with Gasteiger partial charge in [-0.15, -0.1) is 5.10 Å². The first-order chi connectivity index (χ1) is 15.2. The third-order valence-corrected chi connectivity index (χ3v) is 7.36. The number of fused-ring (bicyclic) bond motifs is 1. The van der Waals surface area contributed by atoms with Crippen molar-refractivity contribution < 1.29 is 17.9 Å². The van der Waals surface area contributed by atoms with Crippen LogP contribution in [0.5, 0.6) is 0 Å². The van der Waals surface area contributed by atoms with Crippen LogP contribution in [-0.4, -0.2) is 28.7 Å². The van der Waals surface area contributed by atoms with Crippen molar-refractivity contribution in [2.24, 2.45) is 0 Å². The van der Waals surface area contributed by atoms with Gasteiger partial charge in [0.15, 0.2) is 5.03 Å². The summed E-state index contributed by atoms with van der Waals surface area (Å²) >= 11 is 6.03. The van der Waals surface area contributed by atoms with E-state index in [-0.39, 0.29) is 21.6 Å². The summed E-state index contributed by atoms with van der Waals surface area (Å²) in [6.45, 7) is 3.30. The molecule has 3 aromatic rings. The van der Waals surface area contributed by atoms with Crippen LogP contribution in [0.2, 0.25) is 5.02 Å². The molecule has 1 aliphatic carbocycles. The molecule has 0 bridgehead atoms. The molecule has 0 radical (unpaired) electrons. The topological polar surface area (TPSA) is 138 Å². The quantitative estimate of drug-likeness (QED) is 0.474. The van der Waals surface area contributed by atoms with E-state index in [0.29, 0.717) is 0 Å². The minimum Gasteiger partial charge on any atom is -0.391 e. The second-order valence-electron chi connectivity index (χ2n) is 7.87. The van der Waals surface area contributed by atoms with Crippen LogP contribution in [-0.2, 0) is 22.9 Å². The number of nitrogens with zero attached hydrogens (tertiary/aromatic N) is 2. The molecule has 1 unspecified atom stereocenters. The van der Waals surface area contributed by atoms with Crippen LogP contribution in [0.15, 0.2) is 44.6 Å². The highest BCUT2D eigenvalue weighted by molar-refractivity contribution is 7.89. The van der Waals surface area contributed by atoms with E-state index in [4.69, 9.17) is 16.0 Å². The third kappa shape index (κ3) is 4.36. The molecule has 11 heteroatoms. The lowest BCUT2D eigenvalue weighted by Crippen LogP contribution is -2.33. The maximum atomic E-state index is 13.2. The Morgan fingerprint density at radius 2 is 2.00 bits per heavy atom. The molecule has 3 atom stereocenters. The predicted octanol–water partition coefficient (Wildman–Crippen LogP) is 2.78. The number of halogens is 1. The maximum Gasteiger partial charge on any atom is 0.434 e. The van der Waals surface area contributed by atoms with Crippen LogP contribution in [0, 0.1) is 0 Å². The Kier molecular flexibility index (Phi) is 6.22. The number of pyridine rings is 1. The number of rotatable bonds is 7. The smallest absolute Gasteiger partial charge is 0.391 e. The molecule has 1 aromatic carbocycles. The van der Waals surface area contributed by atoms with E-state index in [9.17, 15) is 18.3 Å². The molecule has 9 nitrogen and oxygen atoms in total. The number of hydrogen-bond donors (Lipinski definition) is 3. The Balaban J connectivity index is 1.75. The van der Waals surface area contributed by atoms with Crippen LogP contribution in [0.4, 0.5) is 0 Å². The second-order valence-corrected chi connectivity index (χ2v) is 9.94. The molecular formula is C21H23ClN4O5S. The minimum atomic E-state index is -4.19. The molecular weight excluding hydrogens is 456 g/mol. The van der Waals surface area contributed by atoms with Gasteiger partial charge in [0.25, 0.3) is 10.0 Å². The van der Waals surface area contributed by atoms with Crippen molar-refractivity contribution in [1.82, 2.24) is 19.9 Å². The van der Waals surface area contributed by atoms with Crippen molar-refractivity contribution in [2.75, 3.05) is 0 Å². The zero-order valence-electron chi connectivity index (χ0n) is 17.5. The molecule has 32 heavy (non-hydrogen) atoms. The Morgan fingerprint density at radius 1 is 1.22 bits per heavy atom. The lowest BCUT2D eigenvalue weighted by molar-refractivity contribution is 0.193. The highest BCUT2D eigenvalue weighted by atomic mass is 35.5. The van der Waals surface area contributed by atoms with E-state index in [1.54, 1.807) is 0 Å². The fraction of sp³-hybridized carbons (Fsp3) is 0.381. The van der Waals surface area contributed by atoms with Gasteiger partial charge < -0.3 is 9.52 Å². The second kappa shape index (κ2) is 8.78. The fourth-order valence-corrected chi connectivity index (χ4v) is 5.59. The Labute approximate surface area is 189 Å². The van der Waals surface area contributed by atoms with Gasteiger partial charge >= 0.3 is 5.76 Å². The molecule has 0 spiro atoms. The monoisotopic (exact) mass is 478 g/mol. The van der Waals surface area contributed by atoms with Crippen LogP contribution in [0.1, 0.15) is 66.6 Å². The molecule has 1 aliphatic rings. The summed E-state index contributed by atoms with van der Waals surface area (Å²) < 4.78 is 34.2. The van der Waals surface area contributed by atoms with Gasteiger partial charge in [-0.3, -0.25) is 0 Å². The standard InChI is InChI=1S/C21H23ClN4O5S/c1-11(14-7-3-5-13-6-4-8-15(13)14)18(20-24-25-21(28)31-20)26-32(29,30)17-10-9-16(22)19(23-17)12(2)27/h3,5,7,9-12,18,26-27H,4,6,8H2,1-2H3,(H,25,28)/t11-,12?,18+/m1/s1. The number of sulfonamides is 1. The van der Waals surface area contributed by atoms with Gasteiger partial charge in [-0.25, -0.2) is 23.3 Å². The fourth-order valence-electron chi connectivity index (χ4n) is 4.11. The number of aromatic nitrogens is 3. The SMILES string of the molecule is CC(O)c1nc(S(=O)(=O)N[C@H](c2n[nH]c(=O)o2)[C@H](C)c2cccc3c2CCC3)ccc1Cl. The van der Waals surface area contributed by atoms with E-state index in [1.807, 2.05) is 19.1 Å². The third-order valence-electron chi connectivity index (χ3n) is 5.69. The molecule has 0 fully saturated rings. The highest BCUT2D eigenvalue weighted by Gasteiger charge is 2.33. The largest absolute Gasteiger partial charge is 0.434 e. The van der Waals surface area contributed by atoms with E-state index >= 15 is 0 Å². The number of hydrogen-bond acceptors (Lipinski definition) is 7. The van der Waals surface area contributed by atoms with Gasteiger partial charge in [0.1, 0.15) is 6.04 Å². The van der Waals surface area contributed by atoms with E-state index in [1.165, 1.54) is 30.2 Å². The molecule has 0 saturated carbocycles. The molecule has 170 valence electrons. The van der Waals surface area contributed by atoms with Crippen LogP contribution >= 0.6 is 11.6 Å². The molecule has 2 aromatic heterocycles. The number of aliphatic hydroxyl groups is 1. The van der Waals surface area contributed by atoms with Crippen molar-refractivity contribution in [1.29, 1.82) is 0 Å². The maximum absolute atomic E-state index is 13.2. The summed E-state index contributed by atoms with van der Waals surface area (Å²) in [6.07, 6.45) is 1.85. The van der Waals surface area contributed by atoms with Gasteiger partial charge in [-0.05, 0) is 55.0 Å². The number of nitrogens with one attached hydrogen (secondary N) is 2. The van der Waals surface area contributed by atoms with E-state index in [2.05, 4.69) is 26.0 Å². The van der Waals surface area contributed by atoms with Crippen LogP contribution < -0.4 is 10.5 Å². The molecule has 0 aliphatic heterocycles. The highest BCUT2D eigenvalue weighted by Crippen LogP contribution is 2.36. The van der Waals surface area contributed by atoms with Crippen LogP contribution in [0.25, 0.3) is 0 Å². The van der Waals surface area contributed by atoms with Gasteiger partial charge in [0, 0.05) is 5.92 Å². The van der Waals surface area contributed by atoms with Gasteiger partial charge in [-0.1, -0.05) is 36.7 Å². The molecule has 2 heterocycles. The van der Waals surface area contributed by atoms with Crippen LogP contribution in [0.3, 0.4) is 0 Å². The Morgan fingerprint density at radius 3 is 2.69 bits per heavy atom. The number of aromatic amines is 1. The van der Waals surface area contributed by atoms with Gasteiger partial charge in [0.05, 0.1) is 16.8 Å². The lowest BCUT2D eigenvalue weighted by atomic mass is 9.88. The summed E-state index contributed by atoms with van der Waals surface area (Å²) in [6, 6.07) is 7.60. The first kappa shape index (κ1) is 22.7. The van der Waals surface area contributed by atoms with E-state index < -0.39 is 33.8 Å². The number of aryl methyl sites for hydroxylation is 1. The van der Waals surface area contributed by atoms with Crippen molar-refractivity contribution in [3.8, 4) is 0 Å². The average Bonchev–Trinajstić information content (AvgIpc) is 3.40.